The van der Waals surface area contributed by atoms with Crippen molar-refractivity contribution in [2.24, 2.45) is 0 Å². The number of rotatable bonds is 5. The molecule has 3 rings (SSSR count). The predicted octanol–water partition coefficient (Wildman–Crippen LogP) is 3.21. The fourth-order valence-electron chi connectivity index (χ4n) is 2.69. The maximum Gasteiger partial charge on any atom is 0.416 e. The molecule has 2 N–H and O–H groups in total. The van der Waals surface area contributed by atoms with Gasteiger partial charge in [-0.2, -0.15) is 18.3 Å². The summed E-state index contributed by atoms with van der Waals surface area (Å²) in [5.74, 6) is -2.03. The summed E-state index contributed by atoms with van der Waals surface area (Å²) in [5.41, 5.74) is -1.87. The van der Waals surface area contributed by atoms with Crippen molar-refractivity contribution in [3.05, 3.63) is 73.6 Å². The van der Waals surface area contributed by atoms with Crippen molar-refractivity contribution in [2.75, 3.05) is 0 Å². The summed E-state index contributed by atoms with van der Waals surface area (Å²) in [7, 11) is 0. The second-order valence-corrected chi connectivity index (χ2v) is 7.58. The largest absolute Gasteiger partial charge is 0.477 e. The van der Waals surface area contributed by atoms with E-state index < -0.39 is 40.8 Å². The minimum absolute atomic E-state index is 0.0172. The number of thiazole rings is 1. The van der Waals surface area contributed by atoms with Crippen LogP contribution in [0.15, 0.2) is 41.3 Å². The quantitative estimate of drug-likeness (QED) is 0.615. The first-order valence-corrected chi connectivity index (χ1v) is 9.57. The summed E-state index contributed by atoms with van der Waals surface area (Å²) < 4.78 is 40.2. The summed E-state index contributed by atoms with van der Waals surface area (Å²) in [6.45, 7) is 3.02. The zero-order chi connectivity index (χ0) is 22.9. The Morgan fingerprint density at radius 3 is 2.58 bits per heavy atom. The highest BCUT2D eigenvalue weighted by atomic mass is 32.1. The maximum absolute atomic E-state index is 13.0. The number of alkyl halides is 3. The van der Waals surface area contributed by atoms with Crippen LogP contribution in [-0.2, 0) is 6.18 Å². The first kappa shape index (κ1) is 22.2. The van der Waals surface area contributed by atoms with E-state index in [0.29, 0.717) is 5.01 Å². The molecule has 0 aliphatic heterocycles. The molecule has 12 heteroatoms. The summed E-state index contributed by atoms with van der Waals surface area (Å²) >= 11 is 0.861. The van der Waals surface area contributed by atoms with Gasteiger partial charge in [0.25, 0.3) is 5.91 Å². The van der Waals surface area contributed by atoms with Crippen LogP contribution in [0.1, 0.15) is 49.4 Å². The van der Waals surface area contributed by atoms with Crippen molar-refractivity contribution in [3.63, 3.8) is 0 Å². The van der Waals surface area contributed by atoms with Crippen molar-refractivity contribution >= 4 is 23.2 Å². The van der Waals surface area contributed by atoms with Gasteiger partial charge in [0, 0.05) is 11.8 Å². The summed E-state index contributed by atoms with van der Waals surface area (Å²) in [6, 6.07) is 4.69. The van der Waals surface area contributed by atoms with Gasteiger partial charge in [0.1, 0.15) is 9.88 Å². The lowest BCUT2D eigenvalue weighted by Crippen LogP contribution is -2.33. The number of amides is 1. The van der Waals surface area contributed by atoms with Gasteiger partial charge in [-0.15, -0.1) is 11.3 Å². The van der Waals surface area contributed by atoms with E-state index in [2.05, 4.69) is 15.4 Å². The number of carbonyl (C=O) groups excluding carboxylic acids is 1. The molecule has 1 unspecified atom stereocenters. The molecule has 0 spiro atoms. The maximum atomic E-state index is 13.0. The van der Waals surface area contributed by atoms with E-state index in [4.69, 9.17) is 5.11 Å². The molecule has 0 bridgehead atoms. The zero-order valence-corrected chi connectivity index (χ0v) is 16.9. The molecular formula is C19H15F3N4O4S. The SMILES string of the molecule is Cc1cc(=O)c(C(=O)NC(C)c2ncc(C(=O)O)s2)nn1-c1cccc(C(F)(F)F)c1. The normalized spacial score (nSPS) is 12.4. The molecule has 0 radical (unpaired) electrons. The molecule has 1 atom stereocenters. The van der Waals surface area contributed by atoms with Crippen LogP contribution in [0, 0.1) is 6.92 Å². The molecule has 8 nitrogen and oxygen atoms in total. The van der Waals surface area contributed by atoms with Crippen LogP contribution in [0.5, 0.6) is 0 Å². The number of benzene rings is 1. The molecule has 2 aromatic heterocycles. The number of nitrogens with one attached hydrogen (secondary N) is 1. The van der Waals surface area contributed by atoms with Crippen molar-refractivity contribution in [1.29, 1.82) is 0 Å². The highest BCUT2D eigenvalue weighted by Crippen LogP contribution is 2.30. The summed E-state index contributed by atoms with van der Waals surface area (Å²) in [4.78, 5) is 39.8. The smallest absolute Gasteiger partial charge is 0.416 e. The zero-order valence-electron chi connectivity index (χ0n) is 16.1. The van der Waals surface area contributed by atoms with Gasteiger partial charge in [-0.1, -0.05) is 6.07 Å². The van der Waals surface area contributed by atoms with E-state index in [0.717, 1.165) is 40.4 Å². The standard InChI is InChI=1S/C19H15F3N4O4S/c1-9-6-13(27)15(16(28)24-10(2)17-23-8-14(31-17)18(29)30)25-26(9)12-5-3-4-11(7-12)19(20,21)22/h3-8,10H,1-2H3,(H,24,28)(H,29,30). The third-order valence-electron chi connectivity index (χ3n) is 4.19. The van der Waals surface area contributed by atoms with Gasteiger partial charge < -0.3 is 10.4 Å². The molecule has 2 heterocycles. The number of aromatic nitrogens is 3. The number of halogens is 3. The van der Waals surface area contributed by atoms with E-state index in [1.165, 1.54) is 19.1 Å². The number of carboxylic acid groups (broad SMARTS) is 1. The van der Waals surface area contributed by atoms with Crippen molar-refractivity contribution in [1.82, 2.24) is 20.1 Å². The number of hydrogen-bond acceptors (Lipinski definition) is 6. The Hall–Kier alpha value is -3.54. The first-order chi connectivity index (χ1) is 14.5. The number of aryl methyl sites for hydroxylation is 1. The molecule has 0 aliphatic rings. The van der Waals surface area contributed by atoms with E-state index in [1.807, 2.05) is 0 Å². The van der Waals surface area contributed by atoms with Crippen LogP contribution in [0.3, 0.4) is 0 Å². The van der Waals surface area contributed by atoms with E-state index >= 15 is 0 Å². The van der Waals surface area contributed by atoms with Crippen LogP contribution in [0.4, 0.5) is 13.2 Å². The Labute approximate surface area is 177 Å². The Morgan fingerprint density at radius 2 is 1.97 bits per heavy atom. The van der Waals surface area contributed by atoms with Crippen LogP contribution in [0.2, 0.25) is 0 Å². The Kier molecular flexibility index (Phi) is 5.93. The molecule has 0 saturated carbocycles. The lowest BCUT2D eigenvalue weighted by molar-refractivity contribution is -0.137. The average molecular weight is 452 g/mol. The summed E-state index contributed by atoms with van der Waals surface area (Å²) in [5, 5.41) is 15.7. The molecule has 162 valence electrons. The minimum atomic E-state index is -4.57. The van der Waals surface area contributed by atoms with E-state index in [1.54, 1.807) is 6.92 Å². The molecule has 1 amide bonds. The molecule has 1 aromatic carbocycles. The van der Waals surface area contributed by atoms with Gasteiger partial charge in [-0.05, 0) is 32.0 Å². The van der Waals surface area contributed by atoms with Crippen molar-refractivity contribution in [2.45, 2.75) is 26.1 Å². The Bertz CT molecular complexity index is 1220. The van der Waals surface area contributed by atoms with Gasteiger partial charge in [-0.3, -0.25) is 9.59 Å². The number of aromatic carboxylic acids is 1. The molecule has 3 aromatic rings. The lowest BCUT2D eigenvalue weighted by Gasteiger charge is -2.15. The number of carbonyl (C=O) groups is 2. The van der Waals surface area contributed by atoms with Crippen LogP contribution >= 0.6 is 11.3 Å². The second-order valence-electron chi connectivity index (χ2n) is 6.52. The fourth-order valence-corrected chi connectivity index (χ4v) is 3.45. The highest BCUT2D eigenvalue weighted by molar-refractivity contribution is 7.13. The van der Waals surface area contributed by atoms with E-state index in [-0.39, 0.29) is 16.3 Å². The second kappa shape index (κ2) is 8.30. The lowest BCUT2D eigenvalue weighted by atomic mass is 10.2. The Balaban J connectivity index is 1.92. The first-order valence-electron chi connectivity index (χ1n) is 8.76. The van der Waals surface area contributed by atoms with Crippen molar-refractivity contribution < 1.29 is 27.9 Å². The van der Waals surface area contributed by atoms with Gasteiger partial charge in [-0.25, -0.2) is 14.5 Å². The third kappa shape index (κ3) is 4.79. The van der Waals surface area contributed by atoms with Crippen molar-refractivity contribution in [3.8, 4) is 5.69 Å². The minimum Gasteiger partial charge on any atom is -0.477 e. The summed E-state index contributed by atoms with van der Waals surface area (Å²) in [6.07, 6.45) is -3.42. The number of nitrogens with zero attached hydrogens (tertiary/aromatic N) is 3. The third-order valence-corrected chi connectivity index (χ3v) is 5.36. The van der Waals surface area contributed by atoms with Gasteiger partial charge >= 0.3 is 12.1 Å². The number of carboxylic acids is 1. The highest BCUT2D eigenvalue weighted by Gasteiger charge is 2.30. The number of hydrogen-bond donors (Lipinski definition) is 2. The topological polar surface area (TPSA) is 114 Å². The van der Waals surface area contributed by atoms with Gasteiger partial charge in [0.05, 0.1) is 23.5 Å². The monoisotopic (exact) mass is 452 g/mol. The van der Waals surface area contributed by atoms with Crippen LogP contribution < -0.4 is 10.7 Å². The van der Waals surface area contributed by atoms with Gasteiger partial charge in [0.2, 0.25) is 5.43 Å². The van der Waals surface area contributed by atoms with Gasteiger partial charge in [0.15, 0.2) is 5.69 Å². The Morgan fingerprint density at radius 1 is 1.26 bits per heavy atom. The molecule has 0 saturated heterocycles. The fraction of sp³-hybridized carbons (Fsp3) is 0.211. The molecule has 31 heavy (non-hydrogen) atoms. The molecular weight excluding hydrogens is 437 g/mol. The average Bonchev–Trinajstić information content (AvgIpc) is 3.18. The van der Waals surface area contributed by atoms with Crippen LogP contribution in [0.25, 0.3) is 5.69 Å². The van der Waals surface area contributed by atoms with E-state index in [9.17, 15) is 27.6 Å². The molecule has 0 fully saturated rings. The van der Waals surface area contributed by atoms with Crippen LogP contribution in [-0.4, -0.2) is 31.7 Å². The molecule has 0 aliphatic carbocycles. The predicted molar refractivity (Wildman–Crippen MR) is 105 cm³/mol.